The Morgan fingerprint density at radius 1 is 1.33 bits per heavy atom. The first-order chi connectivity index (χ1) is 9.84. The summed E-state index contributed by atoms with van der Waals surface area (Å²) in [5.74, 6) is -0.731. The van der Waals surface area contributed by atoms with Gasteiger partial charge in [0.15, 0.2) is 0 Å². The number of anilines is 1. The molecule has 0 bridgehead atoms. The number of nitrogens with zero attached hydrogens (tertiary/aromatic N) is 1. The fourth-order valence-corrected chi connectivity index (χ4v) is 4.81. The summed E-state index contributed by atoms with van der Waals surface area (Å²) in [4.78, 5) is 0.815. The molecule has 1 aromatic heterocycles. The van der Waals surface area contributed by atoms with Crippen molar-refractivity contribution >= 4 is 43.0 Å². The highest BCUT2D eigenvalue weighted by atomic mass is 79.9. The minimum atomic E-state index is -3.75. The summed E-state index contributed by atoms with van der Waals surface area (Å²) in [7, 11) is -3.75. The van der Waals surface area contributed by atoms with Crippen molar-refractivity contribution in [1.82, 2.24) is 4.31 Å². The Morgan fingerprint density at radius 2 is 2.05 bits per heavy atom. The third-order valence-electron chi connectivity index (χ3n) is 2.92. The zero-order valence-corrected chi connectivity index (χ0v) is 14.4. The lowest BCUT2D eigenvalue weighted by molar-refractivity contribution is 0.426. The van der Waals surface area contributed by atoms with Crippen molar-refractivity contribution in [2.75, 3.05) is 12.3 Å². The first-order valence-electron chi connectivity index (χ1n) is 6.14. The van der Waals surface area contributed by atoms with Crippen LogP contribution in [0.5, 0.6) is 0 Å². The van der Waals surface area contributed by atoms with E-state index in [1.165, 1.54) is 27.8 Å². The highest BCUT2D eigenvalue weighted by Gasteiger charge is 2.24. The fourth-order valence-electron chi connectivity index (χ4n) is 1.79. The number of sulfonamides is 1. The van der Waals surface area contributed by atoms with Crippen LogP contribution in [0.25, 0.3) is 0 Å². The normalized spacial score (nSPS) is 12.0. The van der Waals surface area contributed by atoms with E-state index in [2.05, 4.69) is 15.9 Å². The molecule has 0 spiro atoms. The third-order valence-corrected chi connectivity index (χ3v) is 6.45. The molecular formula is C13H14BrFN2O2S2. The van der Waals surface area contributed by atoms with Gasteiger partial charge in [-0.1, -0.05) is 6.92 Å². The second-order valence-electron chi connectivity index (χ2n) is 4.32. The lowest BCUT2D eigenvalue weighted by Gasteiger charge is -2.20. The zero-order chi connectivity index (χ0) is 15.6. The van der Waals surface area contributed by atoms with Gasteiger partial charge < -0.3 is 5.73 Å². The van der Waals surface area contributed by atoms with Crippen LogP contribution in [-0.4, -0.2) is 19.3 Å². The van der Waals surface area contributed by atoms with Crippen LogP contribution in [0.2, 0.25) is 0 Å². The van der Waals surface area contributed by atoms with Gasteiger partial charge in [-0.3, -0.25) is 0 Å². The van der Waals surface area contributed by atoms with Crippen molar-refractivity contribution in [3.63, 3.8) is 0 Å². The Morgan fingerprint density at radius 3 is 2.57 bits per heavy atom. The van der Waals surface area contributed by atoms with E-state index >= 15 is 0 Å². The molecule has 0 fully saturated rings. The van der Waals surface area contributed by atoms with Crippen molar-refractivity contribution in [2.45, 2.75) is 18.4 Å². The first-order valence-corrected chi connectivity index (χ1v) is 9.19. The fraction of sp³-hybridized carbons (Fsp3) is 0.231. The van der Waals surface area contributed by atoms with E-state index in [1.807, 2.05) is 12.1 Å². The summed E-state index contributed by atoms with van der Waals surface area (Å²) in [5.41, 5.74) is 5.31. The van der Waals surface area contributed by atoms with Crippen molar-refractivity contribution in [3.05, 3.63) is 44.8 Å². The van der Waals surface area contributed by atoms with E-state index in [0.29, 0.717) is 6.54 Å². The molecule has 1 aromatic carbocycles. The van der Waals surface area contributed by atoms with Gasteiger partial charge in [0.1, 0.15) is 5.82 Å². The van der Waals surface area contributed by atoms with E-state index in [9.17, 15) is 12.8 Å². The minimum absolute atomic E-state index is 0.0702. The van der Waals surface area contributed by atoms with Crippen LogP contribution in [-0.2, 0) is 16.6 Å². The molecule has 0 saturated carbocycles. The molecule has 0 unspecified atom stereocenters. The molecule has 4 nitrogen and oxygen atoms in total. The van der Waals surface area contributed by atoms with Crippen LogP contribution in [0.1, 0.15) is 11.8 Å². The van der Waals surface area contributed by atoms with Gasteiger partial charge in [0.2, 0.25) is 10.0 Å². The largest absolute Gasteiger partial charge is 0.396 e. The standard InChI is InChI=1S/C13H14BrFN2O2S2/c1-2-17(8-9-3-6-13(14)20-9)21(18,19)10-4-5-12(16)11(15)7-10/h3-7H,2,8,16H2,1H3. The molecule has 2 rings (SSSR count). The molecular weight excluding hydrogens is 379 g/mol. The van der Waals surface area contributed by atoms with Crippen molar-refractivity contribution in [1.29, 1.82) is 0 Å². The summed E-state index contributed by atoms with van der Waals surface area (Å²) in [6.07, 6.45) is 0. The molecule has 0 radical (unpaired) electrons. The minimum Gasteiger partial charge on any atom is -0.396 e. The molecule has 114 valence electrons. The molecule has 2 aromatic rings. The molecule has 8 heteroatoms. The predicted molar refractivity (Wildman–Crippen MR) is 86.1 cm³/mol. The van der Waals surface area contributed by atoms with Crippen LogP contribution in [0, 0.1) is 5.82 Å². The third kappa shape index (κ3) is 3.63. The van der Waals surface area contributed by atoms with E-state index in [1.54, 1.807) is 6.92 Å². The molecule has 21 heavy (non-hydrogen) atoms. The highest BCUT2D eigenvalue weighted by molar-refractivity contribution is 9.11. The van der Waals surface area contributed by atoms with Crippen molar-refractivity contribution in [2.24, 2.45) is 0 Å². The van der Waals surface area contributed by atoms with Gasteiger partial charge in [-0.15, -0.1) is 11.3 Å². The van der Waals surface area contributed by atoms with Gasteiger partial charge in [0.05, 0.1) is 14.4 Å². The zero-order valence-electron chi connectivity index (χ0n) is 11.2. The number of nitrogens with two attached hydrogens (primary N) is 1. The van der Waals surface area contributed by atoms with E-state index in [0.717, 1.165) is 14.7 Å². The van der Waals surface area contributed by atoms with Gasteiger partial charge in [-0.25, -0.2) is 12.8 Å². The average Bonchev–Trinajstić information content (AvgIpc) is 2.84. The Hall–Kier alpha value is -0.960. The maximum atomic E-state index is 13.5. The van der Waals surface area contributed by atoms with Crippen LogP contribution in [0.4, 0.5) is 10.1 Å². The monoisotopic (exact) mass is 392 g/mol. The Bertz CT molecular complexity index is 746. The molecule has 2 N–H and O–H groups in total. The van der Waals surface area contributed by atoms with Crippen LogP contribution >= 0.6 is 27.3 Å². The molecule has 0 aliphatic heterocycles. The number of benzene rings is 1. The number of hydrogen-bond acceptors (Lipinski definition) is 4. The Balaban J connectivity index is 2.32. The number of nitrogen functional groups attached to an aromatic ring is 1. The SMILES string of the molecule is CCN(Cc1ccc(Br)s1)S(=O)(=O)c1ccc(N)c(F)c1. The Kier molecular flexibility index (Phi) is 5.03. The number of halogens is 2. The lowest BCUT2D eigenvalue weighted by atomic mass is 10.3. The summed E-state index contributed by atoms with van der Waals surface area (Å²) in [6, 6.07) is 7.26. The van der Waals surface area contributed by atoms with Crippen LogP contribution < -0.4 is 5.73 Å². The van der Waals surface area contributed by atoms with Gasteiger partial charge in [0.25, 0.3) is 0 Å². The molecule has 1 heterocycles. The summed E-state index contributed by atoms with van der Waals surface area (Å²) < 4.78 is 40.8. The Labute approximate surface area is 135 Å². The van der Waals surface area contributed by atoms with Gasteiger partial charge in [-0.05, 0) is 46.3 Å². The lowest BCUT2D eigenvalue weighted by Crippen LogP contribution is -2.30. The molecule has 0 aliphatic rings. The van der Waals surface area contributed by atoms with Gasteiger partial charge >= 0.3 is 0 Å². The summed E-state index contributed by atoms with van der Waals surface area (Å²) in [6.45, 7) is 2.29. The summed E-state index contributed by atoms with van der Waals surface area (Å²) in [5, 5.41) is 0. The number of hydrogen-bond donors (Lipinski definition) is 1. The topological polar surface area (TPSA) is 63.4 Å². The quantitative estimate of drug-likeness (QED) is 0.792. The molecule has 0 amide bonds. The number of thiophene rings is 1. The summed E-state index contributed by atoms with van der Waals surface area (Å²) >= 11 is 4.81. The van der Waals surface area contributed by atoms with E-state index < -0.39 is 15.8 Å². The van der Waals surface area contributed by atoms with Crippen LogP contribution in [0.15, 0.2) is 39.0 Å². The maximum absolute atomic E-state index is 13.5. The predicted octanol–water partition coefficient (Wildman–Crippen LogP) is 3.44. The second kappa shape index (κ2) is 6.43. The highest BCUT2D eigenvalue weighted by Crippen LogP contribution is 2.26. The van der Waals surface area contributed by atoms with Crippen LogP contribution in [0.3, 0.4) is 0 Å². The first kappa shape index (κ1) is 16.4. The van der Waals surface area contributed by atoms with Gasteiger partial charge in [-0.2, -0.15) is 4.31 Å². The number of rotatable bonds is 5. The van der Waals surface area contributed by atoms with Crippen molar-refractivity contribution < 1.29 is 12.8 Å². The van der Waals surface area contributed by atoms with Gasteiger partial charge in [0, 0.05) is 18.0 Å². The maximum Gasteiger partial charge on any atom is 0.243 e. The van der Waals surface area contributed by atoms with E-state index in [4.69, 9.17) is 5.73 Å². The molecule has 0 saturated heterocycles. The van der Waals surface area contributed by atoms with Crippen molar-refractivity contribution in [3.8, 4) is 0 Å². The molecule has 0 aliphatic carbocycles. The molecule has 0 atom stereocenters. The second-order valence-corrected chi connectivity index (χ2v) is 8.81. The van der Waals surface area contributed by atoms with E-state index in [-0.39, 0.29) is 17.1 Å². The average molecular weight is 393 g/mol. The smallest absolute Gasteiger partial charge is 0.243 e.